The predicted octanol–water partition coefficient (Wildman–Crippen LogP) is 2.79. The number of fused-ring (bicyclic) bond motifs is 1. The monoisotopic (exact) mass is 410 g/mol. The van der Waals surface area contributed by atoms with Crippen molar-refractivity contribution < 1.29 is 18.0 Å². The summed E-state index contributed by atoms with van der Waals surface area (Å²) in [7, 11) is -3.59. The molecular formula is C19H26N2O4S2. The molecule has 1 N–H and O–H groups in total. The Labute approximate surface area is 165 Å². The van der Waals surface area contributed by atoms with E-state index in [1.165, 1.54) is 17.8 Å². The van der Waals surface area contributed by atoms with Crippen LogP contribution in [0.3, 0.4) is 0 Å². The molecule has 2 amide bonds. The molecule has 1 fully saturated rings. The number of thioether (sulfide) groups is 1. The zero-order valence-corrected chi connectivity index (χ0v) is 17.5. The van der Waals surface area contributed by atoms with Gasteiger partial charge in [0.05, 0.1) is 21.6 Å². The van der Waals surface area contributed by atoms with Gasteiger partial charge >= 0.3 is 0 Å². The maximum atomic E-state index is 12.7. The molecule has 0 unspecified atom stereocenters. The molecule has 0 spiro atoms. The van der Waals surface area contributed by atoms with Crippen molar-refractivity contribution in [2.45, 2.75) is 48.7 Å². The summed E-state index contributed by atoms with van der Waals surface area (Å²) in [5.41, 5.74) is 0.522. The lowest BCUT2D eigenvalue weighted by atomic mass is 9.92. The number of nitrogens with one attached hydrogen (secondary N) is 1. The van der Waals surface area contributed by atoms with Gasteiger partial charge in [-0.05, 0) is 43.4 Å². The lowest BCUT2D eigenvalue weighted by molar-refractivity contribution is -0.133. The number of benzene rings is 1. The average Bonchev–Trinajstić information content (AvgIpc) is 2.59. The first kappa shape index (κ1) is 20.2. The number of nitrogens with zero attached hydrogens (tertiary/aromatic N) is 1. The van der Waals surface area contributed by atoms with E-state index in [4.69, 9.17) is 0 Å². The molecular weight excluding hydrogens is 384 g/mol. The Bertz CT molecular complexity index is 843. The van der Waals surface area contributed by atoms with Gasteiger partial charge in [0.25, 0.3) is 0 Å². The predicted molar refractivity (Wildman–Crippen MR) is 107 cm³/mol. The Morgan fingerprint density at radius 1 is 1.22 bits per heavy atom. The minimum atomic E-state index is -3.59. The number of carbonyl (C=O) groups excluding carboxylic acids is 2. The number of hydrogen-bond acceptors (Lipinski definition) is 5. The minimum Gasteiger partial charge on any atom is -0.342 e. The van der Waals surface area contributed by atoms with Gasteiger partial charge in [-0.15, -0.1) is 11.8 Å². The highest BCUT2D eigenvalue weighted by Gasteiger charge is 2.28. The van der Waals surface area contributed by atoms with E-state index in [2.05, 4.69) is 19.2 Å². The minimum absolute atomic E-state index is 0.0169. The van der Waals surface area contributed by atoms with Crippen LogP contribution in [-0.2, 0) is 19.4 Å². The highest BCUT2D eigenvalue weighted by Crippen LogP contribution is 2.37. The Balaban J connectivity index is 1.67. The lowest BCUT2D eigenvalue weighted by Crippen LogP contribution is -2.43. The molecule has 1 saturated heterocycles. The van der Waals surface area contributed by atoms with Crippen LogP contribution in [0.1, 0.15) is 33.6 Å². The summed E-state index contributed by atoms with van der Waals surface area (Å²) in [6.45, 7) is 7.44. The van der Waals surface area contributed by atoms with Gasteiger partial charge in [-0.25, -0.2) is 8.42 Å². The van der Waals surface area contributed by atoms with Crippen molar-refractivity contribution >= 4 is 39.1 Å². The third-order valence-corrected chi connectivity index (χ3v) is 7.94. The van der Waals surface area contributed by atoms with Gasteiger partial charge in [-0.3, -0.25) is 9.59 Å². The summed E-state index contributed by atoms with van der Waals surface area (Å²) < 4.78 is 25.4. The summed E-state index contributed by atoms with van der Waals surface area (Å²) in [4.78, 5) is 27.1. The van der Waals surface area contributed by atoms with E-state index in [-0.39, 0.29) is 34.1 Å². The van der Waals surface area contributed by atoms with Crippen LogP contribution in [0.2, 0.25) is 0 Å². The largest absolute Gasteiger partial charge is 0.342 e. The topological polar surface area (TPSA) is 83.6 Å². The lowest BCUT2D eigenvalue weighted by Gasteiger charge is -2.35. The van der Waals surface area contributed by atoms with Crippen LogP contribution in [0, 0.1) is 11.8 Å². The van der Waals surface area contributed by atoms with Crippen molar-refractivity contribution in [3.63, 3.8) is 0 Å². The van der Waals surface area contributed by atoms with E-state index in [0.29, 0.717) is 30.6 Å². The molecule has 0 aromatic heterocycles. The number of sulfone groups is 1. The van der Waals surface area contributed by atoms with Crippen LogP contribution in [0.4, 0.5) is 5.69 Å². The van der Waals surface area contributed by atoms with Gasteiger partial charge in [0.1, 0.15) is 0 Å². The molecule has 3 atom stereocenters. The average molecular weight is 411 g/mol. The third-order valence-electron chi connectivity index (χ3n) is 5.05. The molecule has 2 aliphatic heterocycles. The van der Waals surface area contributed by atoms with E-state index < -0.39 is 9.84 Å². The molecule has 0 radical (unpaired) electrons. The molecule has 0 aliphatic carbocycles. The van der Waals surface area contributed by atoms with Crippen LogP contribution < -0.4 is 5.32 Å². The van der Waals surface area contributed by atoms with E-state index in [1.54, 1.807) is 17.0 Å². The van der Waals surface area contributed by atoms with Crippen molar-refractivity contribution in [2.75, 3.05) is 24.2 Å². The Kier molecular flexibility index (Phi) is 5.86. The summed E-state index contributed by atoms with van der Waals surface area (Å²) in [5, 5.41) is 2.55. The van der Waals surface area contributed by atoms with Crippen LogP contribution >= 0.6 is 11.8 Å². The van der Waals surface area contributed by atoms with E-state index in [1.807, 2.05) is 6.92 Å². The zero-order valence-electron chi connectivity index (χ0n) is 15.9. The van der Waals surface area contributed by atoms with Gasteiger partial charge in [0, 0.05) is 24.4 Å². The molecule has 1 aromatic carbocycles. The Hall–Kier alpha value is -1.54. The highest BCUT2D eigenvalue weighted by molar-refractivity contribution is 8.01. The second-order valence-electron chi connectivity index (χ2n) is 7.72. The highest BCUT2D eigenvalue weighted by atomic mass is 32.2. The van der Waals surface area contributed by atoms with Crippen LogP contribution in [0.5, 0.6) is 0 Å². The first-order valence-electron chi connectivity index (χ1n) is 9.28. The normalized spacial score (nSPS) is 25.7. The van der Waals surface area contributed by atoms with Gasteiger partial charge in [-0.1, -0.05) is 13.8 Å². The third kappa shape index (κ3) is 4.66. The summed E-state index contributed by atoms with van der Waals surface area (Å²) in [6, 6.07) is 4.77. The second kappa shape index (κ2) is 7.83. The summed E-state index contributed by atoms with van der Waals surface area (Å²) >= 11 is 1.41. The van der Waals surface area contributed by atoms with Gasteiger partial charge < -0.3 is 10.2 Å². The van der Waals surface area contributed by atoms with Crippen LogP contribution in [0.15, 0.2) is 28.0 Å². The molecule has 3 rings (SSSR count). The number of piperidine rings is 1. The molecule has 27 heavy (non-hydrogen) atoms. The first-order valence-corrected chi connectivity index (χ1v) is 11.8. The van der Waals surface area contributed by atoms with Gasteiger partial charge in [0.15, 0.2) is 9.84 Å². The number of anilines is 1. The van der Waals surface area contributed by atoms with Gasteiger partial charge in [-0.2, -0.15) is 0 Å². The maximum absolute atomic E-state index is 12.7. The smallest absolute Gasteiger partial charge is 0.237 e. The maximum Gasteiger partial charge on any atom is 0.237 e. The number of rotatable bonds is 4. The van der Waals surface area contributed by atoms with Crippen molar-refractivity contribution in [1.29, 1.82) is 0 Å². The first-order chi connectivity index (χ1) is 12.7. The molecule has 2 aliphatic rings. The molecule has 1 aromatic rings. The molecule has 2 heterocycles. The molecule has 148 valence electrons. The molecule has 6 nitrogen and oxygen atoms in total. The van der Waals surface area contributed by atoms with Gasteiger partial charge in [0.2, 0.25) is 11.8 Å². The SMILES string of the molecule is C[C@@H]1C[C@@H](C)CN(C(=O)CCS(=O)(=O)c2ccc3c(c2)NC(=O)[C@@H](C)S3)C1. The fourth-order valence-electron chi connectivity index (χ4n) is 3.75. The molecule has 8 heteroatoms. The number of likely N-dealkylation sites (tertiary alicyclic amines) is 1. The van der Waals surface area contributed by atoms with E-state index in [0.717, 1.165) is 11.3 Å². The van der Waals surface area contributed by atoms with Crippen molar-refractivity contribution in [3.05, 3.63) is 18.2 Å². The fraction of sp³-hybridized carbons (Fsp3) is 0.579. The second-order valence-corrected chi connectivity index (χ2v) is 11.2. The standard InChI is InChI=1S/C19H26N2O4S2/c1-12-8-13(2)11-21(10-12)18(22)6-7-27(24,25)15-4-5-17-16(9-15)20-19(23)14(3)26-17/h4-5,9,12-14H,6-8,10-11H2,1-3H3,(H,20,23)/t12-,13-,14-/m1/s1. The molecule has 0 saturated carbocycles. The van der Waals surface area contributed by atoms with Crippen molar-refractivity contribution in [2.24, 2.45) is 11.8 Å². The van der Waals surface area contributed by atoms with Crippen molar-refractivity contribution in [3.8, 4) is 0 Å². The number of hydrogen-bond donors (Lipinski definition) is 1. The molecule has 0 bridgehead atoms. The van der Waals surface area contributed by atoms with E-state index >= 15 is 0 Å². The van der Waals surface area contributed by atoms with Crippen LogP contribution in [-0.4, -0.2) is 49.2 Å². The fourth-order valence-corrected chi connectivity index (χ4v) is 5.93. The van der Waals surface area contributed by atoms with Crippen LogP contribution in [0.25, 0.3) is 0 Å². The number of amides is 2. The van der Waals surface area contributed by atoms with E-state index in [9.17, 15) is 18.0 Å². The quantitative estimate of drug-likeness (QED) is 0.825. The number of carbonyl (C=O) groups is 2. The summed E-state index contributed by atoms with van der Waals surface area (Å²) in [6.07, 6.45) is 1.08. The van der Waals surface area contributed by atoms with Crippen molar-refractivity contribution in [1.82, 2.24) is 4.90 Å². The summed E-state index contributed by atoms with van der Waals surface area (Å²) in [5.74, 6) is 0.427. The Morgan fingerprint density at radius 2 is 1.89 bits per heavy atom. The zero-order chi connectivity index (χ0) is 19.8. The Morgan fingerprint density at radius 3 is 2.56 bits per heavy atom.